The van der Waals surface area contributed by atoms with E-state index in [1.54, 1.807) is 6.33 Å². The Morgan fingerprint density at radius 3 is 2.90 bits per heavy atom. The summed E-state index contributed by atoms with van der Waals surface area (Å²) < 4.78 is 1.11. The molecule has 0 spiro atoms. The third kappa shape index (κ3) is 1.55. The molecular formula is C14H12N4OS. The molecule has 6 heteroatoms. The van der Waals surface area contributed by atoms with Crippen LogP contribution in [0.5, 0.6) is 0 Å². The van der Waals surface area contributed by atoms with Crippen LogP contribution in [0.2, 0.25) is 0 Å². The lowest BCUT2D eigenvalue weighted by molar-refractivity contribution is 0.0939. The van der Waals surface area contributed by atoms with Crippen molar-refractivity contribution in [1.82, 2.24) is 15.3 Å². The van der Waals surface area contributed by atoms with Gasteiger partial charge in [0.25, 0.3) is 5.91 Å². The summed E-state index contributed by atoms with van der Waals surface area (Å²) in [5, 5.41) is 7.43. The summed E-state index contributed by atoms with van der Waals surface area (Å²) >= 11 is 1.51. The number of hydrogen-bond donors (Lipinski definition) is 3. The molecule has 0 saturated carbocycles. The molecule has 3 aromatic rings. The number of aryl methyl sites for hydroxylation is 1. The molecule has 1 aliphatic heterocycles. The van der Waals surface area contributed by atoms with E-state index in [2.05, 4.69) is 20.6 Å². The number of aromatic nitrogens is 2. The Morgan fingerprint density at radius 2 is 2.10 bits per heavy atom. The first-order chi connectivity index (χ1) is 9.74. The Hall–Kier alpha value is -2.34. The summed E-state index contributed by atoms with van der Waals surface area (Å²) in [6.07, 6.45) is 1.35. The molecule has 1 unspecified atom stereocenters. The summed E-state index contributed by atoms with van der Waals surface area (Å²) in [5.41, 5.74) is 2.67. The SMILES string of the molecule is Cc1[nH]cnc1C1NC(=O)c2sc3ccccc3c2N1. The number of rotatable bonds is 1. The molecule has 0 aliphatic carbocycles. The number of H-pyrrole nitrogens is 1. The van der Waals surface area contributed by atoms with E-state index in [0.29, 0.717) is 0 Å². The van der Waals surface area contributed by atoms with Gasteiger partial charge in [-0.2, -0.15) is 0 Å². The molecular weight excluding hydrogens is 272 g/mol. The fraction of sp³-hybridized carbons (Fsp3) is 0.143. The quantitative estimate of drug-likeness (QED) is 0.643. The molecule has 0 radical (unpaired) electrons. The fourth-order valence-corrected chi connectivity index (χ4v) is 3.59. The van der Waals surface area contributed by atoms with Gasteiger partial charge >= 0.3 is 0 Å². The molecule has 1 atom stereocenters. The highest BCUT2D eigenvalue weighted by Crippen LogP contribution is 2.39. The largest absolute Gasteiger partial charge is 0.358 e. The highest BCUT2D eigenvalue weighted by molar-refractivity contribution is 7.21. The molecule has 4 rings (SSSR count). The van der Waals surface area contributed by atoms with Crippen LogP contribution in [0, 0.1) is 6.92 Å². The van der Waals surface area contributed by atoms with E-state index in [1.807, 2.05) is 31.2 Å². The molecule has 1 amide bonds. The number of aromatic amines is 1. The van der Waals surface area contributed by atoms with Crippen molar-refractivity contribution in [3.63, 3.8) is 0 Å². The molecule has 3 heterocycles. The van der Waals surface area contributed by atoms with Crippen LogP contribution >= 0.6 is 11.3 Å². The zero-order valence-electron chi connectivity index (χ0n) is 10.7. The van der Waals surface area contributed by atoms with Crippen LogP contribution < -0.4 is 10.6 Å². The van der Waals surface area contributed by atoms with Gasteiger partial charge in [-0.15, -0.1) is 11.3 Å². The first-order valence-electron chi connectivity index (χ1n) is 6.33. The van der Waals surface area contributed by atoms with Crippen LogP contribution in [0.15, 0.2) is 30.6 Å². The molecule has 5 nitrogen and oxygen atoms in total. The second kappa shape index (κ2) is 4.08. The molecule has 2 aromatic heterocycles. The predicted molar refractivity (Wildman–Crippen MR) is 79.0 cm³/mol. The molecule has 3 N–H and O–H groups in total. The van der Waals surface area contributed by atoms with E-state index in [1.165, 1.54) is 11.3 Å². The maximum atomic E-state index is 12.3. The van der Waals surface area contributed by atoms with Gasteiger partial charge in [0.1, 0.15) is 16.7 Å². The van der Waals surface area contributed by atoms with Gasteiger partial charge in [0, 0.05) is 15.8 Å². The van der Waals surface area contributed by atoms with E-state index in [-0.39, 0.29) is 12.1 Å². The number of nitrogens with one attached hydrogen (secondary N) is 3. The molecule has 0 saturated heterocycles. The van der Waals surface area contributed by atoms with Crippen LogP contribution in [-0.4, -0.2) is 15.9 Å². The highest BCUT2D eigenvalue weighted by atomic mass is 32.1. The lowest BCUT2D eigenvalue weighted by Gasteiger charge is -2.25. The minimum Gasteiger partial charge on any atom is -0.358 e. The van der Waals surface area contributed by atoms with Gasteiger partial charge in [-0.05, 0) is 13.0 Å². The summed E-state index contributed by atoms with van der Waals surface area (Å²) in [7, 11) is 0. The number of carbonyl (C=O) groups is 1. The minimum absolute atomic E-state index is 0.0488. The average molecular weight is 284 g/mol. The Labute approximate surface area is 119 Å². The summed E-state index contributed by atoms with van der Waals surface area (Å²) in [5.74, 6) is -0.0488. The number of carbonyl (C=O) groups excluding carboxylic acids is 1. The van der Waals surface area contributed by atoms with Gasteiger partial charge in [0.2, 0.25) is 0 Å². The number of amides is 1. The first kappa shape index (κ1) is 11.5. The number of thiophene rings is 1. The van der Waals surface area contributed by atoms with Crippen LogP contribution in [-0.2, 0) is 0 Å². The molecule has 20 heavy (non-hydrogen) atoms. The van der Waals surface area contributed by atoms with Crippen LogP contribution in [0.3, 0.4) is 0 Å². The lowest BCUT2D eigenvalue weighted by atomic mass is 10.1. The van der Waals surface area contributed by atoms with Crippen molar-refractivity contribution in [2.75, 3.05) is 5.32 Å². The maximum absolute atomic E-state index is 12.3. The Balaban J connectivity index is 1.86. The topological polar surface area (TPSA) is 69.8 Å². The van der Waals surface area contributed by atoms with Crippen molar-refractivity contribution in [3.05, 3.63) is 46.9 Å². The lowest BCUT2D eigenvalue weighted by Crippen LogP contribution is -2.38. The van der Waals surface area contributed by atoms with E-state index in [9.17, 15) is 4.79 Å². The Morgan fingerprint density at radius 1 is 1.25 bits per heavy atom. The molecule has 0 bridgehead atoms. The number of fused-ring (bicyclic) bond motifs is 3. The second-order valence-electron chi connectivity index (χ2n) is 4.77. The van der Waals surface area contributed by atoms with Crippen molar-refractivity contribution < 1.29 is 4.79 Å². The van der Waals surface area contributed by atoms with Gasteiger partial charge in [0.05, 0.1) is 12.0 Å². The third-order valence-electron chi connectivity index (χ3n) is 3.51. The third-order valence-corrected chi connectivity index (χ3v) is 4.68. The Kier molecular flexibility index (Phi) is 2.34. The number of hydrogen-bond acceptors (Lipinski definition) is 4. The zero-order valence-corrected chi connectivity index (χ0v) is 11.5. The van der Waals surface area contributed by atoms with Crippen molar-refractivity contribution >= 4 is 33.0 Å². The van der Waals surface area contributed by atoms with Crippen molar-refractivity contribution in [3.8, 4) is 0 Å². The normalized spacial score (nSPS) is 17.6. The summed E-state index contributed by atoms with van der Waals surface area (Å²) in [6, 6.07) is 8.03. The number of benzene rings is 1. The van der Waals surface area contributed by atoms with Crippen molar-refractivity contribution in [2.24, 2.45) is 0 Å². The maximum Gasteiger partial charge on any atom is 0.265 e. The van der Waals surface area contributed by atoms with Gasteiger partial charge in [-0.1, -0.05) is 18.2 Å². The number of anilines is 1. The van der Waals surface area contributed by atoms with Gasteiger partial charge < -0.3 is 15.6 Å². The smallest absolute Gasteiger partial charge is 0.265 e. The fourth-order valence-electron chi connectivity index (χ4n) is 2.52. The summed E-state index contributed by atoms with van der Waals surface area (Å²) in [4.78, 5) is 20.3. The Bertz CT molecular complexity index is 820. The summed E-state index contributed by atoms with van der Waals surface area (Å²) in [6.45, 7) is 1.94. The molecule has 0 fully saturated rings. The predicted octanol–water partition coefficient (Wildman–Crippen LogP) is 2.79. The number of imidazole rings is 1. The van der Waals surface area contributed by atoms with Gasteiger partial charge in [-0.3, -0.25) is 4.79 Å². The average Bonchev–Trinajstić information content (AvgIpc) is 3.03. The monoisotopic (exact) mass is 284 g/mol. The standard InChI is InChI=1S/C14H12N4OS/c1-7-10(16-6-15-7)13-17-11-8-4-2-3-5-9(8)20-12(11)14(19)18-13/h2-6,13,17H,1H3,(H,15,16)(H,18,19). The minimum atomic E-state index is -0.292. The van der Waals surface area contributed by atoms with Crippen LogP contribution in [0.25, 0.3) is 10.1 Å². The van der Waals surface area contributed by atoms with Crippen molar-refractivity contribution in [1.29, 1.82) is 0 Å². The molecule has 1 aromatic carbocycles. The van der Waals surface area contributed by atoms with E-state index >= 15 is 0 Å². The van der Waals surface area contributed by atoms with Gasteiger partial charge in [0.15, 0.2) is 0 Å². The number of nitrogens with zero attached hydrogens (tertiary/aromatic N) is 1. The van der Waals surface area contributed by atoms with E-state index in [4.69, 9.17) is 0 Å². The van der Waals surface area contributed by atoms with E-state index in [0.717, 1.165) is 32.0 Å². The van der Waals surface area contributed by atoms with Crippen molar-refractivity contribution in [2.45, 2.75) is 13.1 Å². The second-order valence-corrected chi connectivity index (χ2v) is 5.82. The molecule has 1 aliphatic rings. The van der Waals surface area contributed by atoms with Gasteiger partial charge in [-0.25, -0.2) is 4.98 Å². The highest BCUT2D eigenvalue weighted by Gasteiger charge is 2.30. The molecule has 100 valence electrons. The van der Waals surface area contributed by atoms with Crippen LogP contribution in [0.1, 0.15) is 27.2 Å². The van der Waals surface area contributed by atoms with Crippen LogP contribution in [0.4, 0.5) is 5.69 Å². The van der Waals surface area contributed by atoms with E-state index < -0.39 is 0 Å². The first-order valence-corrected chi connectivity index (χ1v) is 7.14. The zero-order chi connectivity index (χ0) is 13.7.